The predicted molar refractivity (Wildman–Crippen MR) is 142 cm³/mol. The molecule has 3 aromatic rings. The van der Waals surface area contributed by atoms with Crippen molar-refractivity contribution in [1.29, 1.82) is 0 Å². The highest BCUT2D eigenvalue weighted by Crippen LogP contribution is 2.43. The summed E-state index contributed by atoms with van der Waals surface area (Å²) in [7, 11) is -3.95. The molecule has 0 aliphatic carbocycles. The molecule has 10 nitrogen and oxygen atoms in total. The highest BCUT2D eigenvalue weighted by atomic mass is 35.5. The molecule has 2 aromatic heterocycles. The molecule has 1 fully saturated rings. The molecule has 15 heteroatoms. The van der Waals surface area contributed by atoms with Crippen LogP contribution in [0.2, 0.25) is 10.0 Å². The van der Waals surface area contributed by atoms with Crippen LogP contribution in [0.1, 0.15) is 56.9 Å². The lowest BCUT2D eigenvalue weighted by atomic mass is 10.1. The Bertz CT molecular complexity index is 1460. The second-order valence-corrected chi connectivity index (χ2v) is 13.1. The largest absolute Gasteiger partial charge is 0.381 e. The molecule has 1 amide bonds. The Hall–Kier alpha value is -2.16. The number of nitrogens with zero attached hydrogens (tertiary/aromatic N) is 4. The molecule has 0 atom stereocenters. The van der Waals surface area contributed by atoms with Gasteiger partial charge in [0.2, 0.25) is 15.8 Å². The monoisotopic (exact) mass is 605 g/mol. The summed E-state index contributed by atoms with van der Waals surface area (Å²) in [5, 5.41) is 14.0. The number of amides is 1. The van der Waals surface area contributed by atoms with Gasteiger partial charge in [-0.05, 0) is 46.6 Å². The number of hydrogen-bond donors (Lipinski definition) is 2. The fourth-order valence-electron chi connectivity index (χ4n) is 3.79. The van der Waals surface area contributed by atoms with Crippen LogP contribution in [0.15, 0.2) is 21.6 Å². The van der Waals surface area contributed by atoms with Crippen LogP contribution in [0.3, 0.4) is 0 Å². The Kier molecular flexibility index (Phi) is 8.18. The van der Waals surface area contributed by atoms with Crippen LogP contribution in [0, 0.1) is 0 Å². The van der Waals surface area contributed by atoms with E-state index in [-0.39, 0.29) is 74.9 Å². The van der Waals surface area contributed by atoms with Gasteiger partial charge in [0.25, 0.3) is 11.8 Å². The zero-order valence-electron chi connectivity index (χ0n) is 21.0. The maximum atomic E-state index is 13.7. The second-order valence-electron chi connectivity index (χ2n) is 9.66. The first-order chi connectivity index (χ1) is 17.7. The summed E-state index contributed by atoms with van der Waals surface area (Å²) < 4.78 is 46.8. The number of aliphatic hydroxyl groups is 1. The molecule has 2 N–H and O–H groups in total. The van der Waals surface area contributed by atoms with Crippen molar-refractivity contribution < 1.29 is 27.2 Å². The molecule has 0 saturated carbocycles. The van der Waals surface area contributed by atoms with Gasteiger partial charge in [0, 0.05) is 24.7 Å². The highest BCUT2D eigenvalue weighted by molar-refractivity contribution is 7.89. The van der Waals surface area contributed by atoms with Crippen molar-refractivity contribution in [3.05, 3.63) is 33.8 Å². The van der Waals surface area contributed by atoms with E-state index in [9.17, 15) is 22.7 Å². The molecule has 38 heavy (non-hydrogen) atoms. The Balaban J connectivity index is 1.83. The fourth-order valence-corrected chi connectivity index (χ4v) is 6.98. The summed E-state index contributed by atoms with van der Waals surface area (Å²) in [5.41, 5.74) is -1.12. The number of piperidine rings is 1. The van der Waals surface area contributed by atoms with Gasteiger partial charge in [-0.2, -0.15) is 4.98 Å². The maximum Gasteiger partial charge on any atom is 0.274 e. The minimum Gasteiger partial charge on any atom is -0.381 e. The van der Waals surface area contributed by atoms with Gasteiger partial charge < -0.3 is 14.5 Å². The Labute approximate surface area is 233 Å². The van der Waals surface area contributed by atoms with E-state index in [1.807, 2.05) is 0 Å². The predicted octanol–water partition coefficient (Wildman–Crippen LogP) is 4.66. The fraction of sp³-hybridized carbons (Fsp3) is 0.478. The van der Waals surface area contributed by atoms with Gasteiger partial charge in [-0.15, -0.1) is 11.3 Å². The van der Waals surface area contributed by atoms with Crippen LogP contribution in [0.5, 0.6) is 0 Å². The van der Waals surface area contributed by atoms with Crippen LogP contribution in [0.4, 0.5) is 4.39 Å². The number of carbonyl (C=O) groups is 1. The van der Waals surface area contributed by atoms with Crippen LogP contribution in [0.25, 0.3) is 21.3 Å². The lowest BCUT2D eigenvalue weighted by molar-refractivity contribution is 0.0420. The molecule has 206 valence electrons. The summed E-state index contributed by atoms with van der Waals surface area (Å²) in [5.74, 6) is -0.459. The van der Waals surface area contributed by atoms with E-state index in [1.54, 1.807) is 13.8 Å². The Morgan fingerprint density at radius 2 is 1.89 bits per heavy atom. The van der Waals surface area contributed by atoms with Gasteiger partial charge in [-0.3, -0.25) is 4.79 Å². The molecule has 1 saturated heterocycles. The average molecular weight is 607 g/mol. The first kappa shape index (κ1) is 28.8. The number of benzene rings is 1. The van der Waals surface area contributed by atoms with E-state index in [0.29, 0.717) is 4.88 Å². The number of likely N-dealkylation sites (tertiary alicyclic amines) is 1. The molecule has 1 aliphatic rings. The molecule has 1 aliphatic heterocycles. The number of alkyl halides is 1. The Morgan fingerprint density at radius 1 is 1.24 bits per heavy atom. The maximum absolute atomic E-state index is 13.7. The van der Waals surface area contributed by atoms with Crippen molar-refractivity contribution in [3.8, 4) is 21.3 Å². The Morgan fingerprint density at radius 3 is 2.47 bits per heavy atom. The normalized spacial score (nSPS) is 15.4. The number of thiazole rings is 1. The van der Waals surface area contributed by atoms with Crippen LogP contribution < -0.4 is 4.72 Å². The average Bonchev–Trinajstić information content (AvgIpc) is 3.47. The summed E-state index contributed by atoms with van der Waals surface area (Å²) in [4.78, 5) is 23.8. The molecule has 3 heterocycles. The number of rotatable bonds is 7. The van der Waals surface area contributed by atoms with Crippen molar-refractivity contribution in [3.63, 3.8) is 0 Å². The van der Waals surface area contributed by atoms with Crippen molar-refractivity contribution in [2.24, 2.45) is 0 Å². The van der Waals surface area contributed by atoms with Gasteiger partial charge in [-0.1, -0.05) is 34.4 Å². The quantitative estimate of drug-likeness (QED) is 0.396. The zero-order valence-corrected chi connectivity index (χ0v) is 24.1. The van der Waals surface area contributed by atoms with Gasteiger partial charge in [0.15, 0.2) is 5.01 Å². The van der Waals surface area contributed by atoms with Crippen LogP contribution >= 0.6 is 34.5 Å². The van der Waals surface area contributed by atoms with E-state index in [1.165, 1.54) is 30.9 Å². The van der Waals surface area contributed by atoms with E-state index in [2.05, 4.69) is 19.8 Å². The van der Waals surface area contributed by atoms with E-state index in [4.69, 9.17) is 27.7 Å². The third-order valence-corrected chi connectivity index (χ3v) is 9.43. The number of carbonyl (C=O) groups excluding carboxylic acids is 1. The summed E-state index contributed by atoms with van der Waals surface area (Å²) in [6.07, 6.45) is -0.564. The smallest absolute Gasteiger partial charge is 0.274 e. The summed E-state index contributed by atoms with van der Waals surface area (Å²) in [6, 6.07) is 2.38. The van der Waals surface area contributed by atoms with Crippen LogP contribution in [-0.2, 0) is 15.6 Å². The highest BCUT2D eigenvalue weighted by Gasteiger charge is 2.32. The van der Waals surface area contributed by atoms with Crippen molar-refractivity contribution >= 4 is 50.5 Å². The number of halogens is 3. The molecular weight excluding hydrogens is 580 g/mol. The number of hydrogen-bond acceptors (Lipinski definition) is 9. The molecule has 4 rings (SSSR count). The molecule has 0 spiro atoms. The number of sulfonamides is 1. The second kappa shape index (κ2) is 10.8. The molecule has 1 aromatic carbocycles. The minimum atomic E-state index is -3.95. The molecule has 0 unspecified atom stereocenters. The first-order valence-electron chi connectivity index (χ1n) is 11.7. The third kappa shape index (κ3) is 5.87. The zero-order chi connectivity index (χ0) is 28.0. The van der Waals surface area contributed by atoms with E-state index < -0.39 is 27.7 Å². The van der Waals surface area contributed by atoms with Crippen molar-refractivity contribution in [2.45, 2.75) is 63.2 Å². The third-order valence-electron chi connectivity index (χ3n) is 5.65. The van der Waals surface area contributed by atoms with Gasteiger partial charge in [0.1, 0.15) is 22.4 Å². The van der Waals surface area contributed by atoms with Gasteiger partial charge in [-0.25, -0.2) is 22.5 Å². The standard InChI is InChI=1S/C23H26Cl2FN5O5S2/c1-11(2)30-38(34,35)14-6-5-13(15(24)16(14)25)18-17(21(32)31-9-7-12(26)8-10-31)27-20(37-18)19-28-22(36-29-19)23(3,4)33/h5-6,11-12,30,33H,7-10H2,1-4H3. The van der Waals surface area contributed by atoms with Crippen molar-refractivity contribution in [1.82, 2.24) is 24.7 Å². The number of nitrogens with one attached hydrogen (secondary N) is 1. The topological polar surface area (TPSA) is 139 Å². The van der Waals surface area contributed by atoms with Gasteiger partial charge >= 0.3 is 0 Å². The molecule has 0 radical (unpaired) electrons. The summed E-state index contributed by atoms with van der Waals surface area (Å²) >= 11 is 14.0. The minimum absolute atomic E-state index is 0.00537. The van der Waals surface area contributed by atoms with Crippen molar-refractivity contribution in [2.75, 3.05) is 13.1 Å². The number of aromatic nitrogens is 3. The summed E-state index contributed by atoms with van der Waals surface area (Å²) in [6.45, 7) is 6.73. The lowest BCUT2D eigenvalue weighted by Gasteiger charge is -2.28. The molecule has 0 bridgehead atoms. The molecular formula is C23H26Cl2FN5O5S2. The van der Waals surface area contributed by atoms with Crippen LogP contribution in [-0.4, -0.2) is 64.8 Å². The van der Waals surface area contributed by atoms with E-state index in [0.717, 1.165) is 11.3 Å². The first-order valence-corrected chi connectivity index (χ1v) is 14.8. The van der Waals surface area contributed by atoms with E-state index >= 15 is 0 Å². The lowest BCUT2D eigenvalue weighted by Crippen LogP contribution is -2.39. The van der Waals surface area contributed by atoms with Gasteiger partial charge in [0.05, 0.1) is 14.9 Å². The SMILES string of the molecule is CC(C)NS(=O)(=O)c1ccc(-c2sc(-c3noc(C(C)(C)O)n3)nc2C(=O)N2CCC(F)CC2)c(Cl)c1Cl.